The van der Waals surface area contributed by atoms with Crippen LogP contribution in [0.25, 0.3) is 0 Å². The quantitative estimate of drug-likeness (QED) is 0.781. The molecule has 0 amide bonds. The molecule has 0 unspecified atom stereocenters. The fourth-order valence-corrected chi connectivity index (χ4v) is 1.39. The van der Waals surface area contributed by atoms with Gasteiger partial charge in [0.2, 0.25) is 0 Å². The molecule has 0 radical (unpaired) electrons. The van der Waals surface area contributed by atoms with E-state index in [9.17, 15) is 4.39 Å². The summed E-state index contributed by atoms with van der Waals surface area (Å²) < 4.78 is 18.8. The zero-order valence-electron chi connectivity index (χ0n) is 8.91. The Morgan fingerprint density at radius 1 is 1.00 bits per heavy atom. The van der Waals surface area contributed by atoms with Gasteiger partial charge in [-0.2, -0.15) is 0 Å². The van der Waals surface area contributed by atoms with Crippen molar-refractivity contribution in [2.75, 3.05) is 5.73 Å². The van der Waals surface area contributed by atoms with Crippen LogP contribution in [0.3, 0.4) is 0 Å². The molecule has 2 N–H and O–H groups in total. The molecule has 3 heteroatoms. The molecule has 0 bridgehead atoms. The second-order valence-corrected chi connectivity index (χ2v) is 3.52. The fraction of sp³-hybridized carbons (Fsp3) is 0.0769. The van der Waals surface area contributed by atoms with Crippen molar-refractivity contribution in [3.8, 4) is 11.5 Å². The molecule has 2 rings (SSSR count). The van der Waals surface area contributed by atoms with E-state index in [4.69, 9.17) is 10.5 Å². The van der Waals surface area contributed by atoms with Crippen LogP contribution in [-0.4, -0.2) is 0 Å². The van der Waals surface area contributed by atoms with E-state index in [1.54, 1.807) is 24.3 Å². The molecule has 0 fully saturated rings. The summed E-state index contributed by atoms with van der Waals surface area (Å²) in [4.78, 5) is 0. The Kier molecular flexibility index (Phi) is 2.77. The second-order valence-electron chi connectivity index (χ2n) is 3.52. The molecule has 0 aliphatic heterocycles. The van der Waals surface area contributed by atoms with Crippen LogP contribution in [0.15, 0.2) is 42.5 Å². The molecule has 0 aromatic heterocycles. The number of ether oxygens (including phenoxy) is 1. The van der Waals surface area contributed by atoms with Crippen molar-refractivity contribution in [3.63, 3.8) is 0 Å². The Morgan fingerprint density at radius 3 is 2.44 bits per heavy atom. The van der Waals surface area contributed by atoms with Gasteiger partial charge in [-0.1, -0.05) is 24.3 Å². The molecule has 82 valence electrons. The van der Waals surface area contributed by atoms with E-state index in [1.807, 2.05) is 19.1 Å². The van der Waals surface area contributed by atoms with Crippen molar-refractivity contribution in [3.05, 3.63) is 53.8 Å². The van der Waals surface area contributed by atoms with Crippen LogP contribution in [0.1, 0.15) is 5.56 Å². The summed E-state index contributed by atoms with van der Waals surface area (Å²) in [6, 6.07) is 11.7. The zero-order chi connectivity index (χ0) is 11.5. The highest BCUT2D eigenvalue weighted by Gasteiger charge is 2.07. The zero-order valence-corrected chi connectivity index (χ0v) is 8.91. The molecule has 0 saturated carbocycles. The van der Waals surface area contributed by atoms with E-state index in [2.05, 4.69) is 0 Å². The van der Waals surface area contributed by atoms with Crippen LogP contribution in [0, 0.1) is 12.7 Å². The second kappa shape index (κ2) is 4.23. The molecule has 2 aromatic rings. The largest absolute Gasteiger partial charge is 0.452 e. The normalized spacial score (nSPS) is 10.1. The van der Waals surface area contributed by atoms with Gasteiger partial charge in [-0.05, 0) is 30.7 Å². The van der Waals surface area contributed by atoms with E-state index in [0.717, 1.165) is 5.56 Å². The van der Waals surface area contributed by atoms with Crippen molar-refractivity contribution in [2.24, 2.45) is 0 Å². The van der Waals surface area contributed by atoms with Gasteiger partial charge >= 0.3 is 0 Å². The van der Waals surface area contributed by atoms with Crippen LogP contribution in [0.5, 0.6) is 11.5 Å². The Balaban J connectivity index is 2.35. The lowest BCUT2D eigenvalue weighted by Gasteiger charge is -2.10. The first-order valence-electron chi connectivity index (χ1n) is 4.96. The molecule has 0 aliphatic rings. The molecule has 0 aliphatic carbocycles. The number of nitrogens with two attached hydrogens (primary N) is 1. The number of halogens is 1. The topological polar surface area (TPSA) is 35.2 Å². The first-order chi connectivity index (χ1) is 7.68. The average Bonchev–Trinajstić information content (AvgIpc) is 2.28. The van der Waals surface area contributed by atoms with E-state index in [1.165, 1.54) is 6.07 Å². The highest BCUT2D eigenvalue weighted by molar-refractivity contribution is 5.58. The minimum atomic E-state index is -0.400. The van der Waals surface area contributed by atoms with Gasteiger partial charge in [0.15, 0.2) is 17.3 Å². The van der Waals surface area contributed by atoms with Gasteiger partial charge in [0.25, 0.3) is 0 Å². The molecule has 0 saturated heterocycles. The van der Waals surface area contributed by atoms with Crippen molar-refractivity contribution in [1.82, 2.24) is 0 Å². The van der Waals surface area contributed by atoms with Crippen LogP contribution in [-0.2, 0) is 0 Å². The summed E-state index contributed by atoms with van der Waals surface area (Å²) in [5.41, 5.74) is 7.28. The van der Waals surface area contributed by atoms with E-state index in [-0.39, 0.29) is 5.75 Å². The highest BCUT2D eigenvalue weighted by atomic mass is 19.1. The predicted molar refractivity (Wildman–Crippen MR) is 62.1 cm³/mol. The monoisotopic (exact) mass is 217 g/mol. The minimum absolute atomic E-state index is 0.180. The lowest BCUT2D eigenvalue weighted by atomic mass is 10.2. The fourth-order valence-electron chi connectivity index (χ4n) is 1.39. The molecule has 0 spiro atoms. The van der Waals surface area contributed by atoms with Crippen LogP contribution in [0.4, 0.5) is 10.1 Å². The number of para-hydroxylation sites is 2. The number of rotatable bonds is 2. The molecule has 2 nitrogen and oxygen atoms in total. The number of hydrogen-bond acceptors (Lipinski definition) is 2. The number of nitrogen functional groups attached to an aromatic ring is 1. The first-order valence-corrected chi connectivity index (χ1v) is 4.96. The Hall–Kier alpha value is -2.03. The third-order valence-electron chi connectivity index (χ3n) is 2.34. The lowest BCUT2D eigenvalue weighted by Crippen LogP contribution is -1.95. The summed E-state index contributed by atoms with van der Waals surface area (Å²) >= 11 is 0. The number of anilines is 1. The third kappa shape index (κ3) is 1.98. The van der Waals surface area contributed by atoms with Gasteiger partial charge in [0, 0.05) is 0 Å². The molecular formula is C13H12FNO. The van der Waals surface area contributed by atoms with Crippen molar-refractivity contribution in [1.29, 1.82) is 0 Å². The maximum absolute atomic E-state index is 13.3. The van der Waals surface area contributed by atoms with Gasteiger partial charge in [-0.3, -0.25) is 0 Å². The van der Waals surface area contributed by atoms with Gasteiger partial charge in [0.05, 0.1) is 5.69 Å². The van der Waals surface area contributed by atoms with Gasteiger partial charge in [-0.25, -0.2) is 4.39 Å². The average molecular weight is 217 g/mol. The Labute approximate surface area is 93.5 Å². The summed E-state index contributed by atoms with van der Waals surface area (Å²) in [5.74, 6) is 0.258. The maximum Gasteiger partial charge on any atom is 0.165 e. The first kappa shape index (κ1) is 10.5. The SMILES string of the molecule is Cc1cccc(Oc2ccccc2F)c1N. The van der Waals surface area contributed by atoms with Crippen LogP contribution >= 0.6 is 0 Å². The van der Waals surface area contributed by atoms with E-state index >= 15 is 0 Å². The van der Waals surface area contributed by atoms with Crippen LogP contribution < -0.4 is 10.5 Å². The van der Waals surface area contributed by atoms with E-state index < -0.39 is 5.82 Å². The lowest BCUT2D eigenvalue weighted by molar-refractivity contribution is 0.444. The number of hydrogen-bond donors (Lipinski definition) is 1. The Bertz CT molecular complexity index is 511. The van der Waals surface area contributed by atoms with Crippen LogP contribution in [0.2, 0.25) is 0 Å². The molecule has 2 aromatic carbocycles. The smallest absolute Gasteiger partial charge is 0.165 e. The minimum Gasteiger partial charge on any atom is -0.452 e. The van der Waals surface area contributed by atoms with Crippen molar-refractivity contribution >= 4 is 5.69 Å². The number of aryl methyl sites for hydroxylation is 1. The summed E-state index contributed by atoms with van der Waals surface area (Å²) in [6.07, 6.45) is 0. The standard InChI is InChI=1S/C13H12FNO/c1-9-5-4-8-12(13(9)15)16-11-7-3-2-6-10(11)14/h2-8H,15H2,1H3. The summed E-state index contributed by atoms with van der Waals surface area (Å²) in [6.45, 7) is 1.88. The van der Waals surface area contributed by atoms with Gasteiger partial charge < -0.3 is 10.5 Å². The van der Waals surface area contributed by atoms with Gasteiger partial charge in [-0.15, -0.1) is 0 Å². The number of benzene rings is 2. The Morgan fingerprint density at radius 2 is 1.69 bits per heavy atom. The molecule has 0 heterocycles. The maximum atomic E-state index is 13.3. The van der Waals surface area contributed by atoms with Crippen molar-refractivity contribution in [2.45, 2.75) is 6.92 Å². The summed E-state index contributed by atoms with van der Waals surface area (Å²) in [5, 5.41) is 0. The molecule has 16 heavy (non-hydrogen) atoms. The molecular weight excluding hydrogens is 205 g/mol. The molecule has 0 atom stereocenters. The predicted octanol–water partition coefficient (Wildman–Crippen LogP) is 3.51. The van der Waals surface area contributed by atoms with E-state index in [0.29, 0.717) is 11.4 Å². The summed E-state index contributed by atoms with van der Waals surface area (Å²) in [7, 11) is 0. The van der Waals surface area contributed by atoms with Gasteiger partial charge in [0.1, 0.15) is 0 Å². The highest BCUT2D eigenvalue weighted by Crippen LogP contribution is 2.30. The third-order valence-corrected chi connectivity index (χ3v) is 2.34. The van der Waals surface area contributed by atoms with Crippen molar-refractivity contribution < 1.29 is 9.13 Å².